The number of hydrogen-bond donors (Lipinski definition) is 1. The first-order valence-corrected chi connectivity index (χ1v) is 8.29. The third-order valence-corrected chi connectivity index (χ3v) is 4.71. The van der Waals surface area contributed by atoms with Gasteiger partial charge in [0.05, 0.1) is 13.2 Å². The summed E-state index contributed by atoms with van der Waals surface area (Å²) in [6.07, 6.45) is 1.46. The van der Waals surface area contributed by atoms with Crippen molar-refractivity contribution in [3.05, 3.63) is 57.8 Å². The molecule has 3 rings (SSSR count). The van der Waals surface area contributed by atoms with Crippen LogP contribution in [-0.4, -0.2) is 37.7 Å². The Morgan fingerprint density at radius 2 is 2.00 bits per heavy atom. The number of amides is 1. The van der Waals surface area contributed by atoms with Crippen molar-refractivity contribution < 1.29 is 23.6 Å². The van der Waals surface area contributed by atoms with Crippen molar-refractivity contribution in [2.45, 2.75) is 18.3 Å². The molecule has 2 aromatic rings. The highest BCUT2D eigenvalue weighted by molar-refractivity contribution is 5.91. The van der Waals surface area contributed by atoms with E-state index >= 15 is 0 Å². The van der Waals surface area contributed by atoms with Crippen LogP contribution in [0.3, 0.4) is 0 Å². The van der Waals surface area contributed by atoms with Crippen molar-refractivity contribution in [3.8, 4) is 5.75 Å². The Kier molecular flexibility index (Phi) is 5.22. The second-order valence-electron chi connectivity index (χ2n) is 6.17. The Bertz CT molecular complexity index is 794. The van der Waals surface area contributed by atoms with Crippen LogP contribution in [0.15, 0.2) is 40.8 Å². The second-order valence-corrected chi connectivity index (χ2v) is 6.17. The molecule has 138 valence electrons. The molecule has 1 N–H and O–H groups in total. The van der Waals surface area contributed by atoms with Gasteiger partial charge in [-0.25, -0.2) is 0 Å². The van der Waals surface area contributed by atoms with Gasteiger partial charge in [-0.05, 0) is 25.0 Å². The summed E-state index contributed by atoms with van der Waals surface area (Å²) in [5.74, 6) is -0.268. The minimum absolute atomic E-state index is 0.0843. The number of hydrogen-bond acceptors (Lipinski definition) is 6. The average molecular weight is 360 g/mol. The molecule has 2 heterocycles. The SMILES string of the molecule is COc1ccccc1C1(CNC(=O)c2ccc([N+](=O)[O-])o2)CCOCC1. The summed E-state index contributed by atoms with van der Waals surface area (Å²) in [5.41, 5.74) is 0.676. The molecule has 8 heteroatoms. The van der Waals surface area contributed by atoms with Gasteiger partial charge in [0.1, 0.15) is 10.7 Å². The average Bonchev–Trinajstić information content (AvgIpc) is 3.17. The van der Waals surface area contributed by atoms with Gasteiger partial charge in [-0.1, -0.05) is 18.2 Å². The summed E-state index contributed by atoms with van der Waals surface area (Å²) in [6, 6.07) is 10.2. The summed E-state index contributed by atoms with van der Waals surface area (Å²) >= 11 is 0. The maximum atomic E-state index is 12.4. The first-order valence-electron chi connectivity index (χ1n) is 8.29. The predicted molar refractivity (Wildman–Crippen MR) is 92.4 cm³/mol. The number of carbonyl (C=O) groups excluding carboxylic acids is 1. The molecule has 1 fully saturated rings. The lowest BCUT2D eigenvalue weighted by Gasteiger charge is -2.38. The van der Waals surface area contributed by atoms with Crippen LogP contribution in [0.25, 0.3) is 0 Å². The van der Waals surface area contributed by atoms with E-state index in [0.29, 0.717) is 19.8 Å². The summed E-state index contributed by atoms with van der Waals surface area (Å²) in [6.45, 7) is 1.52. The summed E-state index contributed by atoms with van der Waals surface area (Å²) in [5, 5.41) is 13.5. The molecule has 1 aliphatic heterocycles. The lowest BCUT2D eigenvalue weighted by molar-refractivity contribution is -0.402. The van der Waals surface area contributed by atoms with Crippen molar-refractivity contribution >= 4 is 11.8 Å². The Morgan fingerprint density at radius 3 is 2.65 bits per heavy atom. The van der Waals surface area contributed by atoms with E-state index in [1.54, 1.807) is 7.11 Å². The number of methoxy groups -OCH3 is 1. The Morgan fingerprint density at radius 1 is 1.27 bits per heavy atom. The minimum atomic E-state index is -0.675. The fraction of sp³-hybridized carbons (Fsp3) is 0.389. The smallest absolute Gasteiger partial charge is 0.433 e. The molecule has 0 bridgehead atoms. The van der Waals surface area contributed by atoms with Crippen molar-refractivity contribution in [3.63, 3.8) is 0 Å². The maximum absolute atomic E-state index is 12.4. The molecule has 1 amide bonds. The van der Waals surface area contributed by atoms with Gasteiger partial charge in [0.25, 0.3) is 5.91 Å². The van der Waals surface area contributed by atoms with Crippen LogP contribution in [0.1, 0.15) is 29.0 Å². The normalized spacial score (nSPS) is 16.0. The van der Waals surface area contributed by atoms with Crippen LogP contribution >= 0.6 is 0 Å². The zero-order valence-corrected chi connectivity index (χ0v) is 14.4. The standard InChI is InChI=1S/C18H20N2O6/c1-24-14-5-3-2-4-13(14)18(8-10-25-11-9-18)12-19-17(21)15-6-7-16(26-15)20(22)23/h2-7H,8-12H2,1H3,(H,19,21). The molecule has 0 spiro atoms. The minimum Gasteiger partial charge on any atom is -0.496 e. The molecular weight excluding hydrogens is 340 g/mol. The van der Waals surface area contributed by atoms with Crippen molar-refractivity contribution in [2.24, 2.45) is 0 Å². The summed E-state index contributed by atoms with van der Waals surface area (Å²) in [4.78, 5) is 22.4. The monoisotopic (exact) mass is 360 g/mol. The van der Waals surface area contributed by atoms with Crippen LogP contribution < -0.4 is 10.1 Å². The van der Waals surface area contributed by atoms with E-state index in [4.69, 9.17) is 13.9 Å². The van der Waals surface area contributed by atoms with Crippen LogP contribution in [0.5, 0.6) is 5.75 Å². The molecule has 1 aromatic carbocycles. The third-order valence-electron chi connectivity index (χ3n) is 4.71. The first kappa shape index (κ1) is 17.9. The third kappa shape index (κ3) is 3.55. The van der Waals surface area contributed by atoms with Gasteiger partial charge in [-0.2, -0.15) is 0 Å². The van der Waals surface area contributed by atoms with Gasteiger partial charge < -0.3 is 19.2 Å². The number of rotatable bonds is 6. The highest BCUT2D eigenvalue weighted by Gasteiger charge is 2.37. The number of furan rings is 1. The highest BCUT2D eigenvalue weighted by Crippen LogP contribution is 2.39. The molecular formula is C18H20N2O6. The fourth-order valence-corrected chi connectivity index (χ4v) is 3.27. The summed E-state index contributed by atoms with van der Waals surface area (Å²) in [7, 11) is 1.62. The van der Waals surface area contributed by atoms with Gasteiger partial charge in [0.2, 0.25) is 0 Å². The van der Waals surface area contributed by atoms with Crippen LogP contribution in [0, 0.1) is 10.1 Å². The Balaban J connectivity index is 1.80. The zero-order chi connectivity index (χ0) is 18.6. The molecule has 8 nitrogen and oxygen atoms in total. The molecule has 1 saturated heterocycles. The van der Waals surface area contributed by atoms with Crippen LogP contribution in [0.2, 0.25) is 0 Å². The number of nitrogens with zero attached hydrogens (tertiary/aromatic N) is 1. The lowest BCUT2D eigenvalue weighted by Crippen LogP contribution is -2.44. The van der Waals surface area contributed by atoms with Crippen molar-refractivity contribution in [2.75, 3.05) is 26.9 Å². The largest absolute Gasteiger partial charge is 0.496 e. The van der Waals surface area contributed by atoms with E-state index in [1.807, 2.05) is 24.3 Å². The van der Waals surface area contributed by atoms with E-state index in [-0.39, 0.29) is 11.2 Å². The predicted octanol–water partition coefficient (Wildman–Crippen LogP) is 2.67. The van der Waals surface area contributed by atoms with Crippen molar-refractivity contribution in [1.82, 2.24) is 5.32 Å². The number of benzene rings is 1. The van der Waals surface area contributed by atoms with Gasteiger partial charge in [-0.3, -0.25) is 14.9 Å². The molecule has 0 aliphatic carbocycles. The zero-order valence-electron chi connectivity index (χ0n) is 14.4. The Hall–Kier alpha value is -2.87. The lowest BCUT2D eigenvalue weighted by atomic mass is 9.73. The fourth-order valence-electron chi connectivity index (χ4n) is 3.27. The highest BCUT2D eigenvalue weighted by atomic mass is 16.6. The molecule has 0 atom stereocenters. The molecule has 0 radical (unpaired) electrons. The van der Waals surface area contributed by atoms with E-state index in [9.17, 15) is 14.9 Å². The van der Waals surface area contributed by atoms with E-state index in [2.05, 4.69) is 5.32 Å². The van der Waals surface area contributed by atoms with E-state index in [1.165, 1.54) is 12.1 Å². The van der Waals surface area contributed by atoms with Gasteiger partial charge >= 0.3 is 5.88 Å². The number of nitrogens with one attached hydrogen (secondary N) is 1. The quantitative estimate of drug-likeness (QED) is 0.627. The molecule has 1 aliphatic rings. The second kappa shape index (κ2) is 7.57. The van der Waals surface area contributed by atoms with Crippen LogP contribution in [0.4, 0.5) is 5.88 Å². The Labute approximate surface area is 150 Å². The summed E-state index contributed by atoms with van der Waals surface area (Å²) < 4.78 is 16.0. The number of nitro groups is 1. The number of ether oxygens (including phenoxy) is 2. The number of carbonyl (C=O) groups is 1. The van der Waals surface area contributed by atoms with Gasteiger partial charge in [-0.15, -0.1) is 0 Å². The molecule has 0 saturated carbocycles. The van der Waals surface area contributed by atoms with Crippen LogP contribution in [-0.2, 0) is 10.2 Å². The van der Waals surface area contributed by atoms with Crippen molar-refractivity contribution in [1.29, 1.82) is 0 Å². The molecule has 0 unspecified atom stereocenters. The molecule has 1 aromatic heterocycles. The topological polar surface area (TPSA) is 104 Å². The molecule has 26 heavy (non-hydrogen) atoms. The van der Waals surface area contributed by atoms with Gasteiger partial charge in [0.15, 0.2) is 5.76 Å². The van der Waals surface area contributed by atoms with Gasteiger partial charge in [0, 0.05) is 30.7 Å². The first-order chi connectivity index (χ1) is 12.6. The van der Waals surface area contributed by atoms with E-state index in [0.717, 1.165) is 24.2 Å². The number of para-hydroxylation sites is 1. The maximum Gasteiger partial charge on any atom is 0.433 e. The van der Waals surface area contributed by atoms with E-state index < -0.39 is 16.7 Å².